The predicted molar refractivity (Wildman–Crippen MR) is 160 cm³/mol. The van der Waals surface area contributed by atoms with Crippen molar-refractivity contribution in [2.45, 2.75) is 0 Å². The Labute approximate surface area is 228 Å². The van der Waals surface area contributed by atoms with Gasteiger partial charge in [0.2, 0.25) is 0 Å². The second kappa shape index (κ2) is 8.79. The number of fused-ring (bicyclic) bond motifs is 4. The van der Waals surface area contributed by atoms with E-state index >= 15 is 0 Å². The quantitative estimate of drug-likeness (QED) is 0.233. The molecule has 0 amide bonds. The Bertz CT molecular complexity index is 2090. The van der Waals surface area contributed by atoms with Crippen LogP contribution >= 0.6 is 11.3 Å². The third-order valence-corrected chi connectivity index (χ3v) is 8.29. The van der Waals surface area contributed by atoms with Gasteiger partial charge in [0.25, 0.3) is 0 Å². The van der Waals surface area contributed by atoms with E-state index in [9.17, 15) is 0 Å². The number of hydrogen-bond donors (Lipinski definition) is 0. The molecule has 5 heteroatoms. The van der Waals surface area contributed by atoms with Crippen LogP contribution < -0.4 is 0 Å². The first-order valence-corrected chi connectivity index (χ1v) is 13.6. The summed E-state index contributed by atoms with van der Waals surface area (Å²) >= 11 is 1.73. The lowest BCUT2D eigenvalue weighted by Crippen LogP contribution is -1.96. The average Bonchev–Trinajstić information content (AvgIpc) is 3.75. The maximum Gasteiger partial charge on any atom is 0.124 e. The van der Waals surface area contributed by atoms with E-state index in [1.165, 1.54) is 15.5 Å². The number of nitrogens with zero attached hydrogens (tertiary/aromatic N) is 3. The average molecular weight is 520 g/mol. The lowest BCUT2D eigenvalue weighted by molar-refractivity contribution is 0.568. The smallest absolute Gasteiger partial charge is 0.124 e. The van der Waals surface area contributed by atoms with Gasteiger partial charge in [0, 0.05) is 39.3 Å². The fourth-order valence-corrected chi connectivity index (χ4v) is 6.36. The van der Waals surface area contributed by atoms with Gasteiger partial charge in [0.1, 0.15) is 5.01 Å². The predicted octanol–water partition coefficient (Wildman–Crippen LogP) is 9.38. The Morgan fingerprint density at radius 1 is 0.641 bits per heavy atom. The van der Waals surface area contributed by atoms with Crippen molar-refractivity contribution in [3.8, 4) is 38.6 Å². The van der Waals surface area contributed by atoms with Gasteiger partial charge in [-0.3, -0.25) is 4.98 Å². The molecule has 4 aromatic heterocycles. The van der Waals surface area contributed by atoms with E-state index < -0.39 is 0 Å². The highest BCUT2D eigenvalue weighted by molar-refractivity contribution is 7.21. The van der Waals surface area contributed by atoms with Crippen molar-refractivity contribution in [3.63, 3.8) is 0 Å². The number of rotatable bonds is 4. The lowest BCUT2D eigenvalue weighted by atomic mass is 10.0. The number of hydrogen-bond acceptors (Lipinski definition) is 4. The van der Waals surface area contributed by atoms with Gasteiger partial charge < -0.3 is 8.98 Å². The Kier molecular flexibility index (Phi) is 4.96. The van der Waals surface area contributed by atoms with Crippen LogP contribution in [-0.4, -0.2) is 14.5 Å². The van der Waals surface area contributed by atoms with E-state index in [2.05, 4.69) is 94.5 Å². The highest BCUT2D eigenvalue weighted by Crippen LogP contribution is 2.38. The SMILES string of the molecule is c1ccc(-c2cc(-c3ccoc3)cc(-n3c4ccccc4c4ccc(-c5nc6ccccc6s5)cc43)c2)nc1. The highest BCUT2D eigenvalue weighted by Gasteiger charge is 2.16. The zero-order chi connectivity index (χ0) is 25.8. The van der Waals surface area contributed by atoms with Crippen LogP contribution in [0.4, 0.5) is 0 Å². The molecule has 0 aliphatic heterocycles. The van der Waals surface area contributed by atoms with Crippen LogP contribution in [0.25, 0.3) is 70.7 Å². The van der Waals surface area contributed by atoms with Gasteiger partial charge in [-0.2, -0.15) is 0 Å². The Hall–Kier alpha value is -5.00. The zero-order valence-corrected chi connectivity index (χ0v) is 21.6. The number of aromatic nitrogens is 3. The van der Waals surface area contributed by atoms with E-state index in [4.69, 9.17) is 9.40 Å². The molecule has 4 aromatic carbocycles. The summed E-state index contributed by atoms with van der Waals surface area (Å²) in [5, 5.41) is 3.45. The van der Waals surface area contributed by atoms with Gasteiger partial charge in [-0.25, -0.2) is 4.98 Å². The van der Waals surface area contributed by atoms with Crippen molar-refractivity contribution in [1.82, 2.24) is 14.5 Å². The molecule has 0 saturated heterocycles. The molecule has 39 heavy (non-hydrogen) atoms. The Balaban J connectivity index is 1.41. The Morgan fingerprint density at radius 2 is 1.49 bits per heavy atom. The molecule has 0 N–H and O–H groups in total. The van der Waals surface area contributed by atoms with E-state index in [0.29, 0.717) is 0 Å². The van der Waals surface area contributed by atoms with Crippen LogP contribution in [-0.2, 0) is 0 Å². The highest BCUT2D eigenvalue weighted by atomic mass is 32.1. The van der Waals surface area contributed by atoms with Crippen LogP contribution in [0.3, 0.4) is 0 Å². The molecule has 0 aliphatic carbocycles. The molecule has 8 aromatic rings. The van der Waals surface area contributed by atoms with Gasteiger partial charge in [-0.1, -0.05) is 48.5 Å². The van der Waals surface area contributed by atoms with Gasteiger partial charge in [0.15, 0.2) is 0 Å². The Morgan fingerprint density at radius 3 is 2.36 bits per heavy atom. The standard InChI is InChI=1S/C34H21N3OS/c1-3-10-31-27(7-1)28-13-12-22(34-36-30-9-2-4-11-33(30)39-34)20-32(28)37(31)26-18-24(23-14-16-38-21-23)17-25(19-26)29-8-5-6-15-35-29/h1-21H. The molecule has 0 fully saturated rings. The molecule has 4 heterocycles. The number of furan rings is 1. The molecule has 184 valence electrons. The third-order valence-electron chi connectivity index (χ3n) is 7.21. The van der Waals surface area contributed by atoms with E-state index in [1.807, 2.05) is 30.5 Å². The van der Waals surface area contributed by atoms with Crippen LogP contribution in [0.1, 0.15) is 0 Å². The molecule has 0 saturated carbocycles. The lowest BCUT2D eigenvalue weighted by Gasteiger charge is -2.13. The third kappa shape index (κ3) is 3.67. The minimum absolute atomic E-state index is 0.931. The monoisotopic (exact) mass is 519 g/mol. The molecule has 0 unspecified atom stereocenters. The summed E-state index contributed by atoms with van der Waals surface area (Å²) in [4.78, 5) is 9.59. The molecule has 0 spiro atoms. The maximum absolute atomic E-state index is 5.45. The molecular weight excluding hydrogens is 498 g/mol. The summed E-state index contributed by atoms with van der Waals surface area (Å²) in [6.07, 6.45) is 5.34. The first-order chi connectivity index (χ1) is 19.3. The van der Waals surface area contributed by atoms with Crippen molar-refractivity contribution in [3.05, 3.63) is 128 Å². The van der Waals surface area contributed by atoms with Crippen molar-refractivity contribution < 1.29 is 4.42 Å². The number of para-hydroxylation sites is 2. The summed E-state index contributed by atoms with van der Waals surface area (Å²) in [7, 11) is 0. The number of pyridine rings is 1. The summed E-state index contributed by atoms with van der Waals surface area (Å²) in [5.41, 5.74) is 9.61. The van der Waals surface area contributed by atoms with Crippen LogP contribution in [0.15, 0.2) is 132 Å². The second-order valence-corrected chi connectivity index (χ2v) is 10.6. The molecule has 0 atom stereocenters. The summed E-state index contributed by atoms with van der Waals surface area (Å²) in [6.45, 7) is 0. The van der Waals surface area contributed by atoms with Crippen molar-refractivity contribution in [2.24, 2.45) is 0 Å². The summed E-state index contributed by atoms with van der Waals surface area (Å²) in [5.74, 6) is 0. The minimum atomic E-state index is 0.931. The van der Waals surface area contributed by atoms with E-state index in [1.54, 1.807) is 23.9 Å². The number of benzene rings is 4. The zero-order valence-electron chi connectivity index (χ0n) is 20.8. The normalized spacial score (nSPS) is 11.6. The van der Waals surface area contributed by atoms with Gasteiger partial charge in [0.05, 0.1) is 39.5 Å². The number of thiazole rings is 1. The van der Waals surface area contributed by atoms with Crippen molar-refractivity contribution in [1.29, 1.82) is 0 Å². The van der Waals surface area contributed by atoms with Crippen molar-refractivity contribution in [2.75, 3.05) is 0 Å². The van der Waals surface area contributed by atoms with Crippen LogP contribution in [0, 0.1) is 0 Å². The van der Waals surface area contributed by atoms with E-state index in [0.717, 1.165) is 55.2 Å². The topological polar surface area (TPSA) is 43.9 Å². The molecule has 0 bridgehead atoms. The van der Waals surface area contributed by atoms with Gasteiger partial charge in [-0.05, 0) is 66.2 Å². The fraction of sp³-hybridized carbons (Fsp3) is 0. The summed E-state index contributed by atoms with van der Waals surface area (Å²) in [6, 6.07) is 38.3. The first-order valence-electron chi connectivity index (χ1n) is 12.8. The van der Waals surface area contributed by atoms with Crippen LogP contribution in [0.5, 0.6) is 0 Å². The molecule has 8 rings (SSSR count). The first kappa shape index (κ1) is 22.0. The maximum atomic E-state index is 5.45. The second-order valence-electron chi connectivity index (χ2n) is 9.57. The molecular formula is C34H21N3OS. The van der Waals surface area contributed by atoms with E-state index in [-0.39, 0.29) is 0 Å². The largest absolute Gasteiger partial charge is 0.472 e. The molecule has 4 nitrogen and oxygen atoms in total. The molecule has 0 radical (unpaired) electrons. The van der Waals surface area contributed by atoms with Gasteiger partial charge >= 0.3 is 0 Å². The summed E-state index contributed by atoms with van der Waals surface area (Å²) < 4.78 is 9.00. The van der Waals surface area contributed by atoms with Crippen LogP contribution in [0.2, 0.25) is 0 Å². The van der Waals surface area contributed by atoms with Crippen molar-refractivity contribution >= 4 is 43.4 Å². The van der Waals surface area contributed by atoms with Gasteiger partial charge in [-0.15, -0.1) is 11.3 Å². The minimum Gasteiger partial charge on any atom is -0.472 e. The fourth-order valence-electron chi connectivity index (χ4n) is 5.39. The molecule has 0 aliphatic rings.